The molecule has 4 nitrogen and oxygen atoms in total. The lowest BCUT2D eigenvalue weighted by Crippen LogP contribution is -2.43. The molecule has 0 spiro atoms. The van der Waals surface area contributed by atoms with E-state index in [9.17, 15) is 9.59 Å². The van der Waals surface area contributed by atoms with Gasteiger partial charge < -0.3 is 10.0 Å². The highest BCUT2D eigenvalue weighted by Crippen LogP contribution is 2.25. The second-order valence-corrected chi connectivity index (χ2v) is 8.01. The molecule has 1 unspecified atom stereocenters. The van der Waals surface area contributed by atoms with E-state index in [4.69, 9.17) is 5.11 Å². The van der Waals surface area contributed by atoms with E-state index in [0.29, 0.717) is 31.8 Å². The summed E-state index contributed by atoms with van der Waals surface area (Å²) in [4.78, 5) is 25.9. The molecule has 1 aliphatic rings. The molecule has 1 saturated heterocycles. The molecule has 1 amide bonds. The normalized spacial score (nSPS) is 17.1. The highest BCUT2D eigenvalue weighted by Gasteiger charge is 2.31. The van der Waals surface area contributed by atoms with E-state index in [0.717, 1.165) is 22.9 Å². The monoisotopic (exact) mass is 395 g/mol. The Hall–Kier alpha value is -1.36. The average molecular weight is 396 g/mol. The zero-order chi connectivity index (χ0) is 17.7. The van der Waals surface area contributed by atoms with Crippen LogP contribution in [0.5, 0.6) is 0 Å². The predicted octanol–water partition coefficient (Wildman–Crippen LogP) is 3.98. The number of aliphatic carboxylic acids is 1. The molecule has 5 heteroatoms. The maximum atomic E-state index is 13.0. The number of carbonyl (C=O) groups excluding carboxylic acids is 1. The van der Waals surface area contributed by atoms with E-state index in [1.807, 2.05) is 17.0 Å². The molecule has 1 N–H and O–H groups in total. The van der Waals surface area contributed by atoms with E-state index < -0.39 is 5.97 Å². The van der Waals surface area contributed by atoms with Crippen LogP contribution in [0.4, 0.5) is 0 Å². The lowest BCUT2D eigenvalue weighted by Gasteiger charge is -2.33. The van der Waals surface area contributed by atoms with Gasteiger partial charge in [0.05, 0.1) is 5.92 Å². The summed E-state index contributed by atoms with van der Waals surface area (Å²) in [7, 11) is 0. The van der Waals surface area contributed by atoms with Gasteiger partial charge in [-0.05, 0) is 49.3 Å². The molecule has 0 bridgehead atoms. The molecule has 0 aromatic heterocycles. The van der Waals surface area contributed by atoms with Gasteiger partial charge in [-0.25, -0.2) is 0 Å². The molecule has 0 aliphatic carbocycles. The molecule has 1 atom stereocenters. The van der Waals surface area contributed by atoms with Crippen LogP contribution < -0.4 is 0 Å². The van der Waals surface area contributed by atoms with Gasteiger partial charge in [-0.3, -0.25) is 9.59 Å². The van der Waals surface area contributed by atoms with Crippen LogP contribution in [0.3, 0.4) is 0 Å². The van der Waals surface area contributed by atoms with Crippen LogP contribution >= 0.6 is 15.9 Å². The molecule has 1 aliphatic heterocycles. The predicted molar refractivity (Wildman–Crippen MR) is 97.7 cm³/mol. The highest BCUT2D eigenvalue weighted by atomic mass is 79.9. The number of carboxylic acid groups (broad SMARTS) is 1. The molecular weight excluding hydrogens is 370 g/mol. The standard InChI is InChI=1S/C19H26BrNO3/c1-13(2)10-16(11-14-4-3-5-17(20)12-14)18(22)21-8-6-15(7-9-21)19(23)24/h3-5,12-13,15-16H,6-11H2,1-2H3,(H,23,24). The number of piperidine rings is 1. The summed E-state index contributed by atoms with van der Waals surface area (Å²) in [5.74, 6) is -0.464. The van der Waals surface area contributed by atoms with Gasteiger partial charge >= 0.3 is 5.97 Å². The van der Waals surface area contributed by atoms with Crippen molar-refractivity contribution in [1.82, 2.24) is 4.90 Å². The van der Waals surface area contributed by atoms with Crippen molar-refractivity contribution in [2.75, 3.05) is 13.1 Å². The van der Waals surface area contributed by atoms with Crippen LogP contribution in [0.1, 0.15) is 38.7 Å². The Morgan fingerprint density at radius 2 is 1.96 bits per heavy atom. The number of amides is 1. The minimum atomic E-state index is -0.741. The largest absolute Gasteiger partial charge is 0.481 e. The maximum Gasteiger partial charge on any atom is 0.306 e. The van der Waals surface area contributed by atoms with E-state index in [2.05, 4.69) is 41.9 Å². The van der Waals surface area contributed by atoms with E-state index in [1.54, 1.807) is 0 Å². The van der Waals surface area contributed by atoms with Gasteiger partial charge in [0.25, 0.3) is 0 Å². The first kappa shape index (κ1) is 19.0. The summed E-state index contributed by atoms with van der Waals surface area (Å²) in [5, 5.41) is 9.10. The number of rotatable bonds is 6. The number of nitrogens with zero attached hydrogens (tertiary/aromatic N) is 1. The summed E-state index contributed by atoms with van der Waals surface area (Å²) in [6, 6.07) is 8.10. The summed E-state index contributed by atoms with van der Waals surface area (Å²) >= 11 is 3.49. The molecule has 1 aromatic carbocycles. The van der Waals surface area contributed by atoms with Gasteiger partial charge in [-0.1, -0.05) is 41.9 Å². The van der Waals surface area contributed by atoms with E-state index >= 15 is 0 Å². The van der Waals surface area contributed by atoms with Crippen LogP contribution in [-0.4, -0.2) is 35.0 Å². The SMILES string of the molecule is CC(C)CC(Cc1cccc(Br)c1)C(=O)N1CCC(C(=O)O)CC1. The van der Waals surface area contributed by atoms with Gasteiger partial charge in [0.15, 0.2) is 0 Å². The third kappa shape index (κ3) is 5.33. The fraction of sp³-hybridized carbons (Fsp3) is 0.579. The Bertz CT molecular complexity index is 580. The molecular formula is C19H26BrNO3. The quantitative estimate of drug-likeness (QED) is 0.792. The number of hydrogen-bond acceptors (Lipinski definition) is 2. The average Bonchev–Trinajstić information content (AvgIpc) is 2.53. The third-order valence-corrected chi connectivity index (χ3v) is 5.13. The summed E-state index contributed by atoms with van der Waals surface area (Å²) in [6.07, 6.45) is 2.71. The molecule has 24 heavy (non-hydrogen) atoms. The first-order valence-electron chi connectivity index (χ1n) is 8.63. The Labute approximate surface area is 152 Å². The number of carbonyl (C=O) groups is 2. The number of benzene rings is 1. The molecule has 1 aromatic rings. The topological polar surface area (TPSA) is 57.6 Å². The van der Waals surface area contributed by atoms with Crippen molar-refractivity contribution >= 4 is 27.8 Å². The summed E-state index contributed by atoms with van der Waals surface area (Å²) in [6.45, 7) is 5.39. The lowest BCUT2D eigenvalue weighted by atomic mass is 9.88. The minimum absolute atomic E-state index is 0.0410. The van der Waals surface area contributed by atoms with Crippen LogP contribution in [0.2, 0.25) is 0 Å². The molecule has 1 heterocycles. The van der Waals surface area contributed by atoms with Gasteiger partial charge in [0.1, 0.15) is 0 Å². The summed E-state index contributed by atoms with van der Waals surface area (Å²) < 4.78 is 1.03. The van der Waals surface area contributed by atoms with Gasteiger partial charge in [0, 0.05) is 23.5 Å². The van der Waals surface area contributed by atoms with Gasteiger partial charge in [-0.2, -0.15) is 0 Å². The Morgan fingerprint density at radius 3 is 2.50 bits per heavy atom. The van der Waals surface area contributed by atoms with Crippen molar-refractivity contribution in [2.45, 2.75) is 39.5 Å². The highest BCUT2D eigenvalue weighted by molar-refractivity contribution is 9.10. The van der Waals surface area contributed by atoms with Gasteiger partial charge in [0.2, 0.25) is 5.91 Å². The number of likely N-dealkylation sites (tertiary alicyclic amines) is 1. The molecule has 132 valence electrons. The Morgan fingerprint density at radius 1 is 1.29 bits per heavy atom. The lowest BCUT2D eigenvalue weighted by molar-refractivity contribution is -0.146. The van der Waals surface area contributed by atoms with Crippen LogP contribution in [0.25, 0.3) is 0 Å². The number of halogens is 1. The van der Waals surface area contributed by atoms with Crippen molar-refractivity contribution in [3.8, 4) is 0 Å². The Kier molecular flexibility index (Phi) is 6.84. The smallest absolute Gasteiger partial charge is 0.306 e. The maximum absolute atomic E-state index is 13.0. The van der Waals surface area contributed by atoms with Crippen molar-refractivity contribution < 1.29 is 14.7 Å². The molecule has 0 saturated carbocycles. The minimum Gasteiger partial charge on any atom is -0.481 e. The van der Waals surface area contributed by atoms with E-state index in [1.165, 1.54) is 0 Å². The summed E-state index contributed by atoms with van der Waals surface area (Å²) in [5.41, 5.74) is 1.16. The van der Waals surface area contributed by atoms with Crippen LogP contribution in [0, 0.1) is 17.8 Å². The second-order valence-electron chi connectivity index (χ2n) is 7.10. The third-order valence-electron chi connectivity index (χ3n) is 4.63. The first-order valence-corrected chi connectivity index (χ1v) is 9.42. The van der Waals surface area contributed by atoms with E-state index in [-0.39, 0.29) is 17.7 Å². The fourth-order valence-corrected chi connectivity index (χ4v) is 3.84. The van der Waals surface area contributed by atoms with Crippen LogP contribution in [-0.2, 0) is 16.0 Å². The zero-order valence-corrected chi connectivity index (χ0v) is 16.0. The first-order chi connectivity index (χ1) is 11.4. The van der Waals surface area contributed by atoms with Gasteiger partial charge in [-0.15, -0.1) is 0 Å². The van der Waals surface area contributed by atoms with Crippen molar-refractivity contribution in [3.05, 3.63) is 34.3 Å². The van der Waals surface area contributed by atoms with Crippen molar-refractivity contribution in [3.63, 3.8) is 0 Å². The molecule has 2 rings (SSSR count). The fourth-order valence-electron chi connectivity index (χ4n) is 3.39. The van der Waals surface area contributed by atoms with Crippen molar-refractivity contribution in [1.29, 1.82) is 0 Å². The molecule has 1 fully saturated rings. The number of hydrogen-bond donors (Lipinski definition) is 1. The van der Waals surface area contributed by atoms with Crippen molar-refractivity contribution in [2.24, 2.45) is 17.8 Å². The zero-order valence-electron chi connectivity index (χ0n) is 14.4. The Balaban J connectivity index is 2.04. The second kappa shape index (κ2) is 8.65. The molecule has 0 radical (unpaired) electrons. The van der Waals surface area contributed by atoms with Crippen LogP contribution in [0.15, 0.2) is 28.7 Å². The number of carboxylic acids is 1.